The molecule has 2 atom stereocenters. The summed E-state index contributed by atoms with van der Waals surface area (Å²) in [4.78, 5) is 2.36. The summed E-state index contributed by atoms with van der Waals surface area (Å²) in [5.41, 5.74) is 7.19. The van der Waals surface area contributed by atoms with E-state index in [9.17, 15) is 0 Å². The van der Waals surface area contributed by atoms with Crippen LogP contribution < -0.4 is 5.73 Å². The van der Waals surface area contributed by atoms with Gasteiger partial charge in [-0.2, -0.15) is 0 Å². The van der Waals surface area contributed by atoms with E-state index < -0.39 is 0 Å². The molecule has 15 heavy (non-hydrogen) atoms. The Bertz CT molecular complexity index is 302. The third-order valence-electron chi connectivity index (χ3n) is 2.97. The lowest BCUT2D eigenvalue weighted by Crippen LogP contribution is -2.52. The van der Waals surface area contributed by atoms with Crippen molar-refractivity contribution in [3.63, 3.8) is 0 Å². The van der Waals surface area contributed by atoms with Crippen LogP contribution in [0.25, 0.3) is 0 Å². The molecule has 0 saturated carbocycles. The second-order valence-electron chi connectivity index (χ2n) is 4.03. The monoisotopic (exact) mass is 206 g/mol. The van der Waals surface area contributed by atoms with E-state index in [1.54, 1.807) is 0 Å². The highest BCUT2D eigenvalue weighted by atomic mass is 16.5. The van der Waals surface area contributed by atoms with Crippen LogP contribution in [-0.2, 0) is 11.3 Å². The normalized spacial score (nSPS) is 27.9. The average Bonchev–Trinajstić information content (AvgIpc) is 2.26. The zero-order chi connectivity index (χ0) is 10.7. The van der Waals surface area contributed by atoms with Crippen molar-refractivity contribution < 1.29 is 4.74 Å². The first kappa shape index (κ1) is 10.6. The fourth-order valence-corrected chi connectivity index (χ4v) is 1.90. The number of nitrogens with zero attached hydrogens (tertiary/aromatic N) is 1. The van der Waals surface area contributed by atoms with E-state index in [4.69, 9.17) is 10.5 Å². The van der Waals surface area contributed by atoms with Crippen LogP contribution in [0.2, 0.25) is 0 Å². The Kier molecular flexibility index (Phi) is 3.36. The van der Waals surface area contributed by atoms with Gasteiger partial charge in [0.15, 0.2) is 0 Å². The van der Waals surface area contributed by atoms with Gasteiger partial charge in [0.25, 0.3) is 0 Å². The van der Waals surface area contributed by atoms with Gasteiger partial charge in [0.1, 0.15) is 6.23 Å². The summed E-state index contributed by atoms with van der Waals surface area (Å²) < 4.78 is 5.39. The van der Waals surface area contributed by atoms with E-state index in [-0.39, 0.29) is 6.23 Å². The van der Waals surface area contributed by atoms with Crippen molar-refractivity contribution in [1.82, 2.24) is 4.90 Å². The van der Waals surface area contributed by atoms with Crippen molar-refractivity contribution in [1.29, 1.82) is 0 Å². The van der Waals surface area contributed by atoms with Crippen LogP contribution in [0, 0.1) is 0 Å². The summed E-state index contributed by atoms with van der Waals surface area (Å²) in [5.74, 6) is 0. The Hall–Kier alpha value is -0.900. The van der Waals surface area contributed by atoms with Gasteiger partial charge < -0.3 is 10.5 Å². The molecule has 2 N–H and O–H groups in total. The molecule has 0 amide bonds. The molecule has 3 nitrogen and oxygen atoms in total. The number of nitrogens with two attached hydrogens (primary N) is 1. The predicted molar refractivity (Wildman–Crippen MR) is 60.2 cm³/mol. The van der Waals surface area contributed by atoms with Crippen molar-refractivity contribution in [3.05, 3.63) is 35.9 Å². The number of morpholine rings is 1. The zero-order valence-electron chi connectivity index (χ0n) is 9.10. The summed E-state index contributed by atoms with van der Waals surface area (Å²) in [5, 5.41) is 0. The van der Waals surface area contributed by atoms with Crippen LogP contribution in [0.3, 0.4) is 0 Å². The van der Waals surface area contributed by atoms with Crippen LogP contribution in [0.5, 0.6) is 0 Å². The standard InChI is InChI=1S/C12H18N2O/c1-10-12(13)15-8-7-14(10)9-11-5-3-2-4-6-11/h2-6,10,12H,7-9,13H2,1H3. The highest BCUT2D eigenvalue weighted by Crippen LogP contribution is 2.14. The molecule has 1 aromatic carbocycles. The van der Waals surface area contributed by atoms with E-state index in [2.05, 4.69) is 36.1 Å². The minimum Gasteiger partial charge on any atom is -0.361 e. The first-order chi connectivity index (χ1) is 7.27. The Morgan fingerprint density at radius 1 is 1.40 bits per heavy atom. The van der Waals surface area contributed by atoms with Crippen LogP contribution in [0.4, 0.5) is 0 Å². The molecular formula is C12H18N2O. The summed E-state index contributed by atoms with van der Waals surface area (Å²) in [6.45, 7) is 4.77. The maximum atomic E-state index is 5.86. The quantitative estimate of drug-likeness (QED) is 0.790. The first-order valence-electron chi connectivity index (χ1n) is 5.42. The van der Waals surface area contributed by atoms with Gasteiger partial charge >= 0.3 is 0 Å². The number of benzene rings is 1. The fourth-order valence-electron chi connectivity index (χ4n) is 1.90. The second kappa shape index (κ2) is 4.75. The molecule has 1 aromatic rings. The Morgan fingerprint density at radius 3 is 2.87 bits per heavy atom. The molecule has 1 aliphatic heterocycles. The molecule has 1 saturated heterocycles. The minimum absolute atomic E-state index is 0.150. The summed E-state index contributed by atoms with van der Waals surface area (Å²) in [6, 6.07) is 10.8. The maximum absolute atomic E-state index is 5.86. The van der Waals surface area contributed by atoms with Crippen LogP contribution >= 0.6 is 0 Å². The SMILES string of the molecule is CC1C(N)OCCN1Cc1ccccc1. The van der Waals surface area contributed by atoms with E-state index in [1.165, 1.54) is 5.56 Å². The summed E-state index contributed by atoms with van der Waals surface area (Å²) in [7, 11) is 0. The summed E-state index contributed by atoms with van der Waals surface area (Å²) in [6.07, 6.45) is -0.150. The lowest BCUT2D eigenvalue weighted by Gasteiger charge is -2.37. The van der Waals surface area contributed by atoms with E-state index in [0.717, 1.165) is 19.7 Å². The van der Waals surface area contributed by atoms with Gasteiger partial charge in [0.05, 0.1) is 6.61 Å². The van der Waals surface area contributed by atoms with Gasteiger partial charge in [-0.05, 0) is 12.5 Å². The Balaban J connectivity index is 1.99. The topological polar surface area (TPSA) is 38.5 Å². The van der Waals surface area contributed by atoms with Crippen LogP contribution in [0.15, 0.2) is 30.3 Å². The molecule has 0 radical (unpaired) electrons. The highest BCUT2D eigenvalue weighted by Gasteiger charge is 2.25. The average molecular weight is 206 g/mol. The lowest BCUT2D eigenvalue weighted by molar-refractivity contribution is -0.0645. The number of ether oxygens (including phenoxy) is 1. The maximum Gasteiger partial charge on any atom is 0.121 e. The highest BCUT2D eigenvalue weighted by molar-refractivity contribution is 5.14. The third kappa shape index (κ3) is 2.56. The molecule has 82 valence electrons. The molecule has 3 heteroatoms. The second-order valence-corrected chi connectivity index (χ2v) is 4.03. The Morgan fingerprint density at radius 2 is 2.13 bits per heavy atom. The van der Waals surface area contributed by atoms with Gasteiger partial charge in [-0.1, -0.05) is 30.3 Å². The predicted octanol–water partition coefficient (Wildman–Crippen LogP) is 1.19. The fraction of sp³-hybridized carbons (Fsp3) is 0.500. The minimum atomic E-state index is -0.150. The zero-order valence-corrected chi connectivity index (χ0v) is 9.10. The number of hydrogen-bond acceptors (Lipinski definition) is 3. The molecule has 0 bridgehead atoms. The van der Waals surface area contributed by atoms with Crippen molar-refractivity contribution >= 4 is 0 Å². The van der Waals surface area contributed by atoms with Crippen molar-refractivity contribution in [2.45, 2.75) is 25.7 Å². The van der Waals surface area contributed by atoms with Gasteiger partial charge in [0.2, 0.25) is 0 Å². The van der Waals surface area contributed by atoms with E-state index in [1.807, 2.05) is 6.07 Å². The molecule has 1 heterocycles. The number of hydrogen-bond donors (Lipinski definition) is 1. The first-order valence-corrected chi connectivity index (χ1v) is 5.42. The smallest absolute Gasteiger partial charge is 0.121 e. The van der Waals surface area contributed by atoms with Crippen molar-refractivity contribution in [2.24, 2.45) is 5.73 Å². The lowest BCUT2D eigenvalue weighted by atomic mass is 10.1. The van der Waals surface area contributed by atoms with Gasteiger partial charge in [0, 0.05) is 19.1 Å². The summed E-state index contributed by atoms with van der Waals surface area (Å²) >= 11 is 0. The number of rotatable bonds is 2. The molecule has 0 aromatic heterocycles. The molecule has 0 aliphatic carbocycles. The van der Waals surface area contributed by atoms with E-state index >= 15 is 0 Å². The molecule has 2 unspecified atom stereocenters. The van der Waals surface area contributed by atoms with Gasteiger partial charge in [-0.15, -0.1) is 0 Å². The van der Waals surface area contributed by atoms with Crippen molar-refractivity contribution in [2.75, 3.05) is 13.2 Å². The molecule has 1 aliphatic rings. The molecule has 0 spiro atoms. The molecule has 2 rings (SSSR count). The van der Waals surface area contributed by atoms with Crippen molar-refractivity contribution in [3.8, 4) is 0 Å². The molecular weight excluding hydrogens is 188 g/mol. The van der Waals surface area contributed by atoms with Crippen LogP contribution in [0.1, 0.15) is 12.5 Å². The largest absolute Gasteiger partial charge is 0.361 e. The van der Waals surface area contributed by atoms with E-state index in [0.29, 0.717) is 6.04 Å². The third-order valence-corrected chi connectivity index (χ3v) is 2.97. The van der Waals surface area contributed by atoms with Gasteiger partial charge in [-0.25, -0.2) is 0 Å². The van der Waals surface area contributed by atoms with Crippen LogP contribution in [-0.4, -0.2) is 30.3 Å². The Labute approximate surface area is 90.8 Å². The molecule has 1 fully saturated rings. The van der Waals surface area contributed by atoms with Gasteiger partial charge in [-0.3, -0.25) is 4.90 Å².